The maximum Gasteiger partial charge on any atom is 0.297 e. The number of aryl methyl sites for hydroxylation is 1. The van der Waals surface area contributed by atoms with Crippen molar-refractivity contribution in [1.82, 2.24) is 15.0 Å². The van der Waals surface area contributed by atoms with E-state index in [1.54, 1.807) is 41.5 Å². The average molecular weight is 307 g/mol. The summed E-state index contributed by atoms with van der Waals surface area (Å²) >= 11 is 0. The predicted molar refractivity (Wildman–Crippen MR) is 76.1 cm³/mol. The van der Waals surface area contributed by atoms with Crippen LogP contribution in [-0.2, 0) is 14.3 Å². The first kappa shape index (κ1) is 14.2. The van der Waals surface area contributed by atoms with Gasteiger partial charge in [-0.25, -0.2) is 0 Å². The van der Waals surface area contributed by atoms with Gasteiger partial charge in [0.05, 0.1) is 29.4 Å². The summed E-state index contributed by atoms with van der Waals surface area (Å²) in [4.78, 5) is 1.83. The summed E-state index contributed by atoms with van der Waals surface area (Å²) in [5.74, 6) is 0. The van der Waals surface area contributed by atoms with Gasteiger partial charge in [-0.1, -0.05) is 17.7 Å². The van der Waals surface area contributed by atoms with Crippen molar-refractivity contribution in [1.29, 1.82) is 0 Å². The van der Waals surface area contributed by atoms with Crippen molar-refractivity contribution in [2.75, 3.05) is 0 Å². The Bertz CT molecular complexity index is 696. The molecule has 1 aliphatic rings. The second-order valence-electron chi connectivity index (χ2n) is 5.30. The number of rotatable bonds is 4. The SMILES string of the molecule is Cc1ccc(S(=O)(=O)OC2CCC(n3nccn3)C2)cc1. The number of nitrogens with zero attached hydrogens (tertiary/aromatic N) is 3. The predicted octanol–water partition coefficient (Wildman–Crippen LogP) is 2.09. The van der Waals surface area contributed by atoms with E-state index in [2.05, 4.69) is 10.2 Å². The van der Waals surface area contributed by atoms with Gasteiger partial charge in [0.25, 0.3) is 10.1 Å². The summed E-state index contributed by atoms with van der Waals surface area (Å²) in [7, 11) is -3.70. The molecular formula is C14H17N3O3S. The lowest BCUT2D eigenvalue weighted by atomic mass is 10.2. The molecule has 2 aromatic rings. The Labute approximate surface area is 123 Å². The van der Waals surface area contributed by atoms with Crippen LogP contribution in [0.4, 0.5) is 0 Å². The minimum atomic E-state index is -3.70. The highest BCUT2D eigenvalue weighted by atomic mass is 32.2. The average Bonchev–Trinajstić information content (AvgIpc) is 3.09. The Morgan fingerprint density at radius 2 is 1.81 bits per heavy atom. The third kappa shape index (κ3) is 3.14. The second kappa shape index (κ2) is 5.57. The van der Waals surface area contributed by atoms with Crippen molar-refractivity contribution in [3.63, 3.8) is 0 Å². The molecule has 0 bridgehead atoms. The Hall–Kier alpha value is -1.73. The van der Waals surface area contributed by atoms with E-state index in [-0.39, 0.29) is 17.0 Å². The van der Waals surface area contributed by atoms with Gasteiger partial charge in [0, 0.05) is 0 Å². The normalized spacial score (nSPS) is 22.5. The zero-order chi connectivity index (χ0) is 14.9. The first-order valence-corrected chi connectivity index (χ1v) is 8.31. The van der Waals surface area contributed by atoms with Crippen LogP contribution in [0.5, 0.6) is 0 Å². The Morgan fingerprint density at radius 1 is 1.14 bits per heavy atom. The van der Waals surface area contributed by atoms with Gasteiger partial charge >= 0.3 is 0 Å². The summed E-state index contributed by atoms with van der Waals surface area (Å²) in [6, 6.07) is 6.79. The number of hydrogen-bond acceptors (Lipinski definition) is 5. The van der Waals surface area contributed by atoms with Crippen molar-refractivity contribution in [3.8, 4) is 0 Å². The molecule has 7 heteroatoms. The quantitative estimate of drug-likeness (QED) is 0.809. The van der Waals surface area contributed by atoms with Gasteiger partial charge < -0.3 is 0 Å². The lowest BCUT2D eigenvalue weighted by Crippen LogP contribution is -2.17. The van der Waals surface area contributed by atoms with Crippen LogP contribution in [0.15, 0.2) is 41.6 Å². The van der Waals surface area contributed by atoms with E-state index in [0.29, 0.717) is 12.8 Å². The van der Waals surface area contributed by atoms with Crippen LogP contribution >= 0.6 is 0 Å². The molecule has 0 N–H and O–H groups in total. The van der Waals surface area contributed by atoms with Crippen molar-refractivity contribution < 1.29 is 12.6 Å². The Kier molecular flexibility index (Phi) is 3.77. The highest BCUT2D eigenvalue weighted by molar-refractivity contribution is 7.86. The van der Waals surface area contributed by atoms with Gasteiger partial charge in [-0.3, -0.25) is 4.18 Å². The first-order valence-electron chi connectivity index (χ1n) is 6.90. The fourth-order valence-electron chi connectivity index (χ4n) is 2.57. The molecule has 1 fully saturated rings. The van der Waals surface area contributed by atoms with E-state index in [1.807, 2.05) is 6.92 Å². The van der Waals surface area contributed by atoms with E-state index in [0.717, 1.165) is 12.0 Å². The summed E-state index contributed by atoms with van der Waals surface area (Å²) in [6.45, 7) is 1.91. The van der Waals surface area contributed by atoms with Gasteiger partial charge in [-0.15, -0.1) is 0 Å². The van der Waals surface area contributed by atoms with Crippen LogP contribution in [0.25, 0.3) is 0 Å². The van der Waals surface area contributed by atoms with Crippen LogP contribution in [0, 0.1) is 6.92 Å². The van der Waals surface area contributed by atoms with E-state index in [9.17, 15) is 8.42 Å². The van der Waals surface area contributed by atoms with Crippen molar-refractivity contribution in [3.05, 3.63) is 42.2 Å². The molecule has 1 saturated carbocycles. The zero-order valence-corrected chi connectivity index (χ0v) is 12.5. The second-order valence-corrected chi connectivity index (χ2v) is 6.87. The molecule has 6 nitrogen and oxygen atoms in total. The maximum absolute atomic E-state index is 12.2. The highest BCUT2D eigenvalue weighted by Gasteiger charge is 2.31. The lowest BCUT2D eigenvalue weighted by molar-refractivity contribution is 0.209. The highest BCUT2D eigenvalue weighted by Crippen LogP contribution is 2.32. The van der Waals surface area contributed by atoms with Crippen LogP contribution in [0.1, 0.15) is 30.9 Å². The molecule has 1 aromatic carbocycles. The van der Waals surface area contributed by atoms with Crippen LogP contribution < -0.4 is 0 Å². The van der Waals surface area contributed by atoms with Gasteiger partial charge in [0.15, 0.2) is 0 Å². The zero-order valence-electron chi connectivity index (χ0n) is 11.7. The fraction of sp³-hybridized carbons (Fsp3) is 0.429. The van der Waals surface area contributed by atoms with Crippen LogP contribution in [0.3, 0.4) is 0 Å². The summed E-state index contributed by atoms with van der Waals surface area (Å²) in [5.41, 5.74) is 1.01. The molecule has 0 spiro atoms. The number of hydrogen-bond donors (Lipinski definition) is 0. The van der Waals surface area contributed by atoms with Crippen molar-refractivity contribution in [2.24, 2.45) is 0 Å². The minimum absolute atomic E-state index is 0.109. The smallest absolute Gasteiger partial charge is 0.263 e. The monoisotopic (exact) mass is 307 g/mol. The third-order valence-electron chi connectivity index (χ3n) is 3.69. The summed E-state index contributed by atoms with van der Waals surface area (Å²) in [5, 5.41) is 8.20. The molecule has 21 heavy (non-hydrogen) atoms. The molecule has 0 saturated heterocycles. The van der Waals surface area contributed by atoms with Gasteiger partial charge in [0.2, 0.25) is 0 Å². The Morgan fingerprint density at radius 3 is 2.48 bits per heavy atom. The number of benzene rings is 1. The first-order chi connectivity index (χ1) is 10.0. The molecule has 0 amide bonds. The molecule has 1 heterocycles. The molecule has 3 rings (SSSR count). The van der Waals surface area contributed by atoms with E-state index >= 15 is 0 Å². The number of aromatic nitrogens is 3. The lowest BCUT2D eigenvalue weighted by Gasteiger charge is -2.12. The van der Waals surface area contributed by atoms with E-state index in [1.165, 1.54) is 0 Å². The molecule has 2 unspecified atom stereocenters. The molecule has 1 aliphatic carbocycles. The molecular weight excluding hydrogens is 290 g/mol. The van der Waals surface area contributed by atoms with E-state index in [4.69, 9.17) is 4.18 Å². The topological polar surface area (TPSA) is 74.1 Å². The minimum Gasteiger partial charge on any atom is -0.263 e. The van der Waals surface area contributed by atoms with Crippen LogP contribution in [0.2, 0.25) is 0 Å². The summed E-state index contributed by atoms with van der Waals surface area (Å²) in [6.07, 6.45) is 5.06. The largest absolute Gasteiger partial charge is 0.297 e. The van der Waals surface area contributed by atoms with Crippen molar-refractivity contribution in [2.45, 2.75) is 43.2 Å². The molecule has 0 radical (unpaired) electrons. The van der Waals surface area contributed by atoms with Crippen LogP contribution in [-0.4, -0.2) is 29.5 Å². The standard InChI is InChI=1S/C14H17N3O3S/c1-11-2-6-14(7-3-11)21(18,19)20-13-5-4-12(10-13)17-15-8-9-16-17/h2-3,6-9,12-13H,4-5,10H2,1H3. The van der Waals surface area contributed by atoms with Crippen molar-refractivity contribution >= 4 is 10.1 Å². The maximum atomic E-state index is 12.2. The molecule has 112 valence electrons. The van der Waals surface area contributed by atoms with Gasteiger partial charge in [0.1, 0.15) is 0 Å². The van der Waals surface area contributed by atoms with Gasteiger partial charge in [-0.05, 0) is 38.3 Å². The Balaban J connectivity index is 1.68. The molecule has 0 aliphatic heterocycles. The van der Waals surface area contributed by atoms with Gasteiger partial charge in [-0.2, -0.15) is 23.4 Å². The molecule has 1 aromatic heterocycles. The fourth-order valence-corrected chi connectivity index (χ4v) is 3.68. The third-order valence-corrected chi connectivity index (χ3v) is 5.07. The van der Waals surface area contributed by atoms with E-state index < -0.39 is 10.1 Å². The summed E-state index contributed by atoms with van der Waals surface area (Å²) < 4.78 is 29.8. The molecule has 2 atom stereocenters.